The topological polar surface area (TPSA) is 94.8 Å². The highest BCUT2D eigenvalue weighted by atomic mass is 35.5. The molecule has 4 aromatic heterocycles. The van der Waals surface area contributed by atoms with Crippen molar-refractivity contribution in [2.24, 2.45) is 17.8 Å². The van der Waals surface area contributed by atoms with Crippen molar-refractivity contribution < 1.29 is 13.9 Å². The number of anilines is 1. The van der Waals surface area contributed by atoms with Crippen molar-refractivity contribution >= 4 is 45.9 Å². The van der Waals surface area contributed by atoms with E-state index in [0.717, 1.165) is 42.4 Å². The van der Waals surface area contributed by atoms with Gasteiger partial charge in [-0.25, -0.2) is 24.3 Å². The van der Waals surface area contributed by atoms with Crippen LogP contribution in [0.4, 0.5) is 10.2 Å². The number of carbonyl (C=O) groups excluding carboxylic acids is 1. The van der Waals surface area contributed by atoms with Crippen LogP contribution in [0.5, 0.6) is 0 Å². The van der Waals surface area contributed by atoms with Gasteiger partial charge in [0.15, 0.2) is 23.1 Å². The van der Waals surface area contributed by atoms with E-state index in [-0.39, 0.29) is 52.9 Å². The van der Waals surface area contributed by atoms with Crippen LogP contribution in [-0.2, 0) is 15.1 Å². The fourth-order valence-corrected chi connectivity index (χ4v) is 9.82. The van der Waals surface area contributed by atoms with Crippen LogP contribution >= 0.6 is 22.9 Å². The minimum Gasteiger partial charge on any atom is -0.466 e. The number of hydrogen-bond acceptors (Lipinski definition) is 8. The molecule has 11 heteroatoms. The van der Waals surface area contributed by atoms with Crippen molar-refractivity contribution in [3.05, 3.63) is 149 Å². The van der Waals surface area contributed by atoms with Gasteiger partial charge in [-0.15, -0.1) is 11.3 Å². The van der Waals surface area contributed by atoms with Crippen molar-refractivity contribution in [2.75, 3.05) is 11.9 Å². The Kier molecular flexibility index (Phi) is 9.40. The molecule has 1 N–H and O–H groups in total. The number of nitrogens with one attached hydrogen (secondary N) is 1. The summed E-state index contributed by atoms with van der Waals surface area (Å²) in [7, 11) is 0. The van der Waals surface area contributed by atoms with Gasteiger partial charge in [-0.05, 0) is 72.6 Å². The molecule has 3 fully saturated rings. The molecule has 276 valence electrons. The molecule has 0 saturated heterocycles. The summed E-state index contributed by atoms with van der Waals surface area (Å²) in [4.78, 5) is 33.7. The first-order valence-corrected chi connectivity index (χ1v) is 20.0. The fraction of sp³-hybridized carbons (Fsp3) is 0.250. The van der Waals surface area contributed by atoms with Crippen molar-refractivity contribution in [1.29, 1.82) is 0 Å². The van der Waals surface area contributed by atoms with Gasteiger partial charge in [-0.3, -0.25) is 4.79 Å². The molecular weight excluding hydrogens is 731 g/mol. The Labute approximate surface area is 327 Å². The second kappa shape index (κ2) is 14.7. The zero-order chi connectivity index (χ0) is 37.5. The van der Waals surface area contributed by atoms with E-state index < -0.39 is 17.3 Å². The Morgan fingerprint density at radius 2 is 1.49 bits per heavy atom. The number of halogens is 2. The number of hydrogen-bond donors (Lipinski definition) is 1. The fourth-order valence-electron chi connectivity index (χ4n) is 8.98. The highest BCUT2D eigenvalue weighted by Crippen LogP contribution is 2.48. The zero-order valence-corrected chi connectivity index (χ0v) is 31.7. The molecule has 0 aliphatic heterocycles. The first-order valence-electron chi connectivity index (χ1n) is 18.7. The molecule has 0 unspecified atom stereocenters. The molecule has 7 aromatic rings. The summed E-state index contributed by atoms with van der Waals surface area (Å²) in [6.07, 6.45) is 7.33. The van der Waals surface area contributed by atoms with Crippen LogP contribution in [0.2, 0.25) is 5.15 Å². The number of ether oxygens (including phenoxy) is 1. The molecule has 3 aliphatic carbocycles. The van der Waals surface area contributed by atoms with E-state index in [1.165, 1.54) is 11.3 Å². The molecule has 0 spiro atoms. The Hall–Kier alpha value is -5.45. The van der Waals surface area contributed by atoms with Gasteiger partial charge in [0.1, 0.15) is 21.9 Å². The number of thiophene rings is 1. The Bertz CT molecular complexity index is 2360. The van der Waals surface area contributed by atoms with Crippen molar-refractivity contribution in [3.63, 3.8) is 0 Å². The van der Waals surface area contributed by atoms with Crippen LogP contribution in [0, 0.1) is 23.6 Å². The molecule has 4 heterocycles. The van der Waals surface area contributed by atoms with Crippen LogP contribution < -0.4 is 5.32 Å². The van der Waals surface area contributed by atoms with Crippen LogP contribution in [0.15, 0.2) is 121 Å². The molecule has 3 aliphatic rings. The average molecular weight is 769 g/mol. The lowest BCUT2D eigenvalue weighted by molar-refractivity contribution is -0.154. The van der Waals surface area contributed by atoms with E-state index in [1.807, 2.05) is 85.2 Å². The van der Waals surface area contributed by atoms with Crippen LogP contribution in [0.1, 0.15) is 49.3 Å². The van der Waals surface area contributed by atoms with Crippen molar-refractivity contribution in [3.8, 4) is 22.0 Å². The monoisotopic (exact) mass is 768 g/mol. The summed E-state index contributed by atoms with van der Waals surface area (Å²) >= 11 is 8.01. The molecule has 3 aromatic carbocycles. The number of rotatable bonds is 10. The van der Waals surface area contributed by atoms with Crippen molar-refractivity contribution in [1.82, 2.24) is 24.5 Å². The number of nitrogens with zero attached hydrogens (tertiary/aromatic N) is 5. The Morgan fingerprint density at radius 3 is 2.07 bits per heavy atom. The first kappa shape index (κ1) is 35.3. The van der Waals surface area contributed by atoms with E-state index in [1.54, 1.807) is 6.20 Å². The lowest BCUT2D eigenvalue weighted by Gasteiger charge is -2.47. The largest absolute Gasteiger partial charge is 0.466 e. The van der Waals surface area contributed by atoms with E-state index in [2.05, 4.69) is 46.3 Å². The van der Waals surface area contributed by atoms with Crippen molar-refractivity contribution in [2.45, 2.75) is 44.2 Å². The molecule has 10 rings (SSSR count). The lowest BCUT2D eigenvalue weighted by atomic mass is 9.61. The van der Waals surface area contributed by atoms with Gasteiger partial charge in [-0.2, -0.15) is 0 Å². The van der Waals surface area contributed by atoms with E-state index in [4.69, 9.17) is 36.3 Å². The predicted octanol–water partition coefficient (Wildman–Crippen LogP) is 10.0. The number of esters is 1. The van der Waals surface area contributed by atoms with Gasteiger partial charge >= 0.3 is 5.97 Å². The average Bonchev–Trinajstić information content (AvgIpc) is 3.90. The Morgan fingerprint density at radius 1 is 0.873 bits per heavy atom. The maximum atomic E-state index is 16.9. The third-order valence-corrected chi connectivity index (χ3v) is 12.4. The smallest absolute Gasteiger partial charge is 0.311 e. The van der Waals surface area contributed by atoms with Gasteiger partial charge in [0.05, 0.1) is 29.2 Å². The normalized spacial score (nSPS) is 19.4. The molecule has 0 radical (unpaired) electrons. The molecule has 2 atom stereocenters. The first-order chi connectivity index (χ1) is 27.0. The van der Waals surface area contributed by atoms with E-state index >= 15 is 4.39 Å². The minimum atomic E-state index is -0.936. The second-order valence-electron chi connectivity index (χ2n) is 14.2. The highest BCUT2D eigenvalue weighted by Gasteiger charge is 2.48. The van der Waals surface area contributed by atoms with Gasteiger partial charge in [-0.1, -0.05) is 109 Å². The second-order valence-corrected chi connectivity index (χ2v) is 15.6. The zero-order valence-electron chi connectivity index (χ0n) is 30.1. The number of fused-ring (bicyclic) bond motifs is 4. The highest BCUT2D eigenvalue weighted by molar-refractivity contribution is 7.13. The van der Waals surface area contributed by atoms with Crippen LogP contribution in [0.3, 0.4) is 0 Å². The van der Waals surface area contributed by atoms with Crippen LogP contribution in [0.25, 0.3) is 33.1 Å². The van der Waals surface area contributed by atoms with Gasteiger partial charge in [0, 0.05) is 12.2 Å². The molecular formula is C44H38ClFN6O2S. The number of carbonyl (C=O) groups is 1. The van der Waals surface area contributed by atoms with Gasteiger partial charge in [0.2, 0.25) is 0 Å². The Balaban J connectivity index is 1.29. The number of benzene rings is 3. The maximum Gasteiger partial charge on any atom is 0.311 e. The van der Waals surface area contributed by atoms with E-state index in [9.17, 15) is 4.79 Å². The summed E-state index contributed by atoms with van der Waals surface area (Å²) in [6, 6.07) is 34.2. The summed E-state index contributed by atoms with van der Waals surface area (Å²) in [5, 5.41) is 5.56. The van der Waals surface area contributed by atoms with E-state index in [0.29, 0.717) is 21.6 Å². The maximum absolute atomic E-state index is 16.9. The molecule has 55 heavy (non-hydrogen) atoms. The van der Waals surface area contributed by atoms with Crippen LogP contribution in [-0.4, -0.2) is 43.1 Å². The lowest BCUT2D eigenvalue weighted by Crippen LogP contribution is -2.52. The predicted molar refractivity (Wildman–Crippen MR) is 214 cm³/mol. The summed E-state index contributed by atoms with van der Waals surface area (Å²) in [6.45, 7) is 2.11. The molecule has 3 saturated carbocycles. The summed E-state index contributed by atoms with van der Waals surface area (Å²) in [5.74, 6) is -0.575. The SMILES string of the molecule is CCOC(=O)[C@H]1C2CCC(CC2)[C@@H]1Nc1nc(-c2cn(C(c3ccccc3)(c3ccccc3)c3ccccc3)c3ncc(Cl)nc23)nc(-c2cccs2)c1F. The summed E-state index contributed by atoms with van der Waals surface area (Å²) in [5.41, 5.74) is 3.75. The number of aromatic nitrogens is 5. The quantitative estimate of drug-likeness (QED) is 0.109. The standard InChI is InChI=1S/C44H38ClFN6O2S/c1-2-54-43(53)35-27-20-22-28(23-21-27)37(35)49-41-36(46)39(33-19-12-24-55-33)50-40(51-41)32-26-52(42-38(32)48-34(45)25-47-42)44(29-13-6-3-7-14-29,30-15-8-4-9-16-30)31-17-10-5-11-18-31/h3-19,24-28,35,37H,2,20-23H2,1H3,(H,49,50,51)/t27?,28?,35-,37-/m0/s1. The van der Waals surface area contributed by atoms with Gasteiger partial charge < -0.3 is 14.6 Å². The summed E-state index contributed by atoms with van der Waals surface area (Å²) < 4.78 is 24.6. The minimum absolute atomic E-state index is 0.0385. The van der Waals surface area contributed by atoms with Gasteiger partial charge in [0.25, 0.3) is 0 Å². The molecule has 2 bridgehead atoms. The molecule has 0 amide bonds. The third-order valence-electron chi connectivity index (χ3n) is 11.3. The molecule has 8 nitrogen and oxygen atoms in total. The third kappa shape index (κ3) is 6.08.